The molecule has 0 aliphatic heterocycles. The summed E-state index contributed by atoms with van der Waals surface area (Å²) in [5.41, 5.74) is 1.14. The van der Waals surface area contributed by atoms with E-state index in [1.54, 1.807) is 19.1 Å². The van der Waals surface area contributed by atoms with Gasteiger partial charge in [0.15, 0.2) is 0 Å². The maximum Gasteiger partial charge on any atom is 0.459 e. The molecule has 27 heavy (non-hydrogen) atoms. The van der Waals surface area contributed by atoms with Crippen LogP contribution in [0, 0.1) is 5.92 Å². The van der Waals surface area contributed by atoms with Gasteiger partial charge in [-0.3, -0.25) is 9.32 Å². The van der Waals surface area contributed by atoms with Crippen LogP contribution in [0.15, 0.2) is 24.3 Å². The zero-order chi connectivity index (χ0) is 20.7. The summed E-state index contributed by atoms with van der Waals surface area (Å²) in [6.07, 6.45) is 1.88. The molecule has 1 unspecified atom stereocenters. The molecule has 0 bridgehead atoms. The fourth-order valence-corrected chi connectivity index (χ4v) is 3.62. The molecule has 0 saturated carbocycles. The lowest BCUT2D eigenvalue weighted by atomic mass is 9.87. The van der Waals surface area contributed by atoms with Gasteiger partial charge in [0, 0.05) is 7.11 Å². The van der Waals surface area contributed by atoms with E-state index in [0.717, 1.165) is 18.4 Å². The third-order valence-electron chi connectivity index (χ3n) is 4.51. The van der Waals surface area contributed by atoms with Crippen LogP contribution >= 0.6 is 7.75 Å². The molecule has 2 atom stereocenters. The maximum absolute atomic E-state index is 12.8. The molecule has 0 amide bonds. The van der Waals surface area contributed by atoms with Crippen LogP contribution in [-0.2, 0) is 24.0 Å². The first-order valence-corrected chi connectivity index (χ1v) is 11.0. The molecule has 6 nitrogen and oxygen atoms in total. The predicted molar refractivity (Wildman–Crippen MR) is 108 cm³/mol. The lowest BCUT2D eigenvalue weighted by Gasteiger charge is -2.23. The second-order valence-electron chi connectivity index (χ2n) is 7.71. The molecule has 0 aliphatic rings. The van der Waals surface area contributed by atoms with Crippen molar-refractivity contribution in [3.8, 4) is 5.75 Å². The van der Waals surface area contributed by atoms with Gasteiger partial charge in [0.25, 0.3) is 0 Å². The van der Waals surface area contributed by atoms with Gasteiger partial charge < -0.3 is 9.26 Å². The van der Waals surface area contributed by atoms with Crippen molar-refractivity contribution in [3.05, 3.63) is 29.8 Å². The Labute approximate surface area is 163 Å². The van der Waals surface area contributed by atoms with Crippen LogP contribution in [0.4, 0.5) is 0 Å². The van der Waals surface area contributed by atoms with Crippen LogP contribution in [-0.4, -0.2) is 25.7 Å². The maximum atomic E-state index is 12.8. The van der Waals surface area contributed by atoms with Crippen LogP contribution in [0.3, 0.4) is 0 Å². The highest BCUT2D eigenvalue weighted by atomic mass is 31.2. The number of benzene rings is 1. The zero-order valence-corrected chi connectivity index (χ0v) is 18.5. The third kappa shape index (κ3) is 7.65. The van der Waals surface area contributed by atoms with Gasteiger partial charge in [0.2, 0.25) is 0 Å². The highest BCUT2D eigenvalue weighted by molar-refractivity contribution is 7.52. The number of hydrogen-bond donors (Lipinski definition) is 1. The number of carbonyl (C=O) groups excluding carboxylic acids is 1. The second kappa shape index (κ2) is 10.3. The fourth-order valence-electron chi connectivity index (χ4n) is 2.41. The molecular formula is C20H34NO5P. The zero-order valence-electron chi connectivity index (χ0n) is 17.6. The smallest absolute Gasteiger partial charge is 0.459 e. The van der Waals surface area contributed by atoms with E-state index >= 15 is 0 Å². The van der Waals surface area contributed by atoms with Gasteiger partial charge >= 0.3 is 13.7 Å². The fraction of sp³-hybridized carbons (Fsp3) is 0.650. The van der Waals surface area contributed by atoms with Gasteiger partial charge in [-0.15, -0.1) is 0 Å². The van der Waals surface area contributed by atoms with Crippen LogP contribution in [0.2, 0.25) is 0 Å². The highest BCUT2D eigenvalue weighted by Gasteiger charge is 2.31. The topological polar surface area (TPSA) is 73.9 Å². The van der Waals surface area contributed by atoms with Gasteiger partial charge in [0.1, 0.15) is 11.8 Å². The minimum absolute atomic E-state index is 0.00877. The molecule has 0 aliphatic carbocycles. The lowest BCUT2D eigenvalue weighted by molar-refractivity contribution is -0.146. The summed E-state index contributed by atoms with van der Waals surface area (Å²) in [7, 11) is -2.42. The molecule has 1 N–H and O–H groups in total. The van der Waals surface area contributed by atoms with Gasteiger partial charge in [-0.2, -0.15) is 5.09 Å². The monoisotopic (exact) mass is 399 g/mol. The van der Waals surface area contributed by atoms with E-state index < -0.39 is 19.8 Å². The Bertz CT molecular complexity index is 635. The van der Waals surface area contributed by atoms with Gasteiger partial charge in [0.05, 0.1) is 6.61 Å². The summed E-state index contributed by atoms with van der Waals surface area (Å²) in [6.45, 7) is 12.4. The first-order valence-electron chi connectivity index (χ1n) is 9.45. The van der Waals surface area contributed by atoms with Crippen molar-refractivity contribution in [1.82, 2.24) is 5.09 Å². The van der Waals surface area contributed by atoms with E-state index in [2.05, 4.69) is 39.7 Å². The van der Waals surface area contributed by atoms with Crippen LogP contribution < -0.4 is 9.61 Å². The average Bonchev–Trinajstić information content (AvgIpc) is 2.61. The van der Waals surface area contributed by atoms with E-state index in [0.29, 0.717) is 18.3 Å². The second-order valence-corrected chi connectivity index (χ2v) is 9.51. The molecular weight excluding hydrogens is 365 g/mol. The molecule has 0 radical (unpaired) electrons. The molecule has 0 saturated heterocycles. The standard InChI is InChI=1S/C20H34NO5P/c1-8-16(9-2)14-25-19(22)15(3)21-27(23,24-7)26-18-12-10-17(11-13-18)20(4,5)6/h10-13,15-16H,8-9,14H2,1-7H3,(H,21,23)/t15-,27?/m0/s1. The normalized spacial score (nSPS) is 15.3. The molecule has 7 heteroatoms. The number of esters is 1. The van der Waals surface area contributed by atoms with Gasteiger partial charge in [-0.05, 0) is 36.0 Å². The average molecular weight is 399 g/mol. The third-order valence-corrected chi connectivity index (χ3v) is 6.14. The first-order chi connectivity index (χ1) is 12.5. The number of ether oxygens (including phenoxy) is 1. The molecule has 0 aromatic heterocycles. The Morgan fingerprint density at radius 3 is 2.15 bits per heavy atom. The van der Waals surface area contributed by atoms with Crippen molar-refractivity contribution in [2.24, 2.45) is 5.92 Å². The Hall–Kier alpha value is -1.36. The molecule has 0 spiro atoms. The largest absolute Gasteiger partial charge is 0.464 e. The summed E-state index contributed by atoms with van der Waals surface area (Å²) >= 11 is 0. The number of carbonyl (C=O) groups is 1. The molecule has 0 heterocycles. The van der Waals surface area contributed by atoms with E-state index in [4.69, 9.17) is 13.8 Å². The minimum atomic E-state index is -3.70. The highest BCUT2D eigenvalue weighted by Crippen LogP contribution is 2.44. The van der Waals surface area contributed by atoms with E-state index in [1.807, 2.05) is 12.1 Å². The summed E-state index contributed by atoms with van der Waals surface area (Å²) in [4.78, 5) is 12.2. The number of rotatable bonds is 10. The van der Waals surface area contributed by atoms with Crippen LogP contribution in [0.1, 0.15) is 59.9 Å². The molecule has 0 fully saturated rings. The molecule has 1 aromatic rings. The quantitative estimate of drug-likeness (QED) is 0.437. The molecule has 1 aromatic carbocycles. The van der Waals surface area contributed by atoms with Crippen LogP contribution in [0.5, 0.6) is 5.75 Å². The van der Waals surface area contributed by atoms with Gasteiger partial charge in [-0.25, -0.2) is 4.57 Å². The minimum Gasteiger partial charge on any atom is -0.464 e. The Morgan fingerprint density at radius 2 is 1.70 bits per heavy atom. The van der Waals surface area contributed by atoms with E-state index in [-0.39, 0.29) is 5.41 Å². The summed E-state index contributed by atoms with van der Waals surface area (Å²) in [6, 6.07) is 6.50. The summed E-state index contributed by atoms with van der Waals surface area (Å²) in [5.74, 6) is 0.247. The van der Waals surface area contributed by atoms with Gasteiger partial charge in [-0.1, -0.05) is 59.6 Å². The molecule has 1 rings (SSSR count). The van der Waals surface area contributed by atoms with Crippen LogP contribution in [0.25, 0.3) is 0 Å². The number of hydrogen-bond acceptors (Lipinski definition) is 5. The summed E-state index contributed by atoms with van der Waals surface area (Å²) < 4.78 is 28.7. The Balaban J connectivity index is 2.71. The predicted octanol–water partition coefficient (Wildman–Crippen LogP) is 5.07. The Kier molecular flexibility index (Phi) is 9.00. The Morgan fingerprint density at radius 1 is 1.15 bits per heavy atom. The number of nitrogens with one attached hydrogen (secondary N) is 1. The van der Waals surface area contributed by atoms with Crippen molar-refractivity contribution in [1.29, 1.82) is 0 Å². The van der Waals surface area contributed by atoms with Crippen molar-refractivity contribution >= 4 is 13.7 Å². The lowest BCUT2D eigenvalue weighted by Crippen LogP contribution is -2.35. The van der Waals surface area contributed by atoms with Crippen molar-refractivity contribution in [2.45, 2.75) is 65.8 Å². The summed E-state index contributed by atoms with van der Waals surface area (Å²) in [5, 5.41) is 2.63. The SMILES string of the molecule is CCC(CC)COC(=O)[C@H](C)NP(=O)(OC)Oc1ccc(C(C)(C)C)cc1. The molecule has 154 valence electrons. The van der Waals surface area contributed by atoms with Crippen molar-refractivity contribution < 1.29 is 23.1 Å². The van der Waals surface area contributed by atoms with E-state index in [1.165, 1.54) is 7.11 Å². The van der Waals surface area contributed by atoms with Crippen molar-refractivity contribution in [3.63, 3.8) is 0 Å². The van der Waals surface area contributed by atoms with Crippen molar-refractivity contribution in [2.75, 3.05) is 13.7 Å². The first kappa shape index (κ1) is 23.7. The van der Waals surface area contributed by atoms with E-state index in [9.17, 15) is 9.36 Å².